The number of hydrogen-bond donors (Lipinski definition) is 2. The van der Waals surface area contributed by atoms with Gasteiger partial charge in [-0.2, -0.15) is 0 Å². The van der Waals surface area contributed by atoms with E-state index in [9.17, 15) is 14.7 Å². The number of carboxylic acid groups (broad SMARTS) is 1. The number of benzene rings is 1. The molecule has 0 spiro atoms. The summed E-state index contributed by atoms with van der Waals surface area (Å²) < 4.78 is 0. The van der Waals surface area contributed by atoms with E-state index < -0.39 is 5.97 Å². The van der Waals surface area contributed by atoms with Gasteiger partial charge >= 0.3 is 12.0 Å². The zero-order valence-electron chi connectivity index (χ0n) is 12.7. The van der Waals surface area contributed by atoms with E-state index >= 15 is 0 Å². The quantitative estimate of drug-likeness (QED) is 0.893. The molecule has 0 saturated carbocycles. The highest BCUT2D eigenvalue weighted by molar-refractivity contribution is 5.91. The fourth-order valence-corrected chi connectivity index (χ4v) is 2.78. The van der Waals surface area contributed by atoms with Gasteiger partial charge in [-0.05, 0) is 42.2 Å². The van der Waals surface area contributed by atoms with Crippen molar-refractivity contribution in [2.24, 2.45) is 0 Å². The molecule has 23 heavy (non-hydrogen) atoms. The summed E-state index contributed by atoms with van der Waals surface area (Å²) in [4.78, 5) is 29.2. The van der Waals surface area contributed by atoms with Crippen LogP contribution in [0.4, 0.5) is 10.5 Å². The number of carbonyl (C=O) groups is 2. The van der Waals surface area contributed by atoms with Gasteiger partial charge in [-0.1, -0.05) is 12.1 Å². The van der Waals surface area contributed by atoms with E-state index in [4.69, 9.17) is 0 Å². The molecule has 118 valence electrons. The standard InChI is InChI=1S/C17H17N3O3/c1-11-3-2-4-13(7-11)19-17(23)20-6-5-14-12(10-20)8-18-9-15(14)16(21)22/h2-4,7-9H,5-6,10H2,1H3,(H,19,23)(H,21,22). The van der Waals surface area contributed by atoms with E-state index in [0.29, 0.717) is 19.5 Å². The average Bonchev–Trinajstić information content (AvgIpc) is 2.53. The summed E-state index contributed by atoms with van der Waals surface area (Å²) in [6.07, 6.45) is 3.51. The maximum absolute atomic E-state index is 12.4. The lowest BCUT2D eigenvalue weighted by Crippen LogP contribution is -2.39. The summed E-state index contributed by atoms with van der Waals surface area (Å²) in [6, 6.07) is 7.40. The van der Waals surface area contributed by atoms with Crippen molar-refractivity contribution in [3.63, 3.8) is 0 Å². The minimum absolute atomic E-state index is 0.193. The summed E-state index contributed by atoms with van der Waals surface area (Å²) in [6.45, 7) is 2.81. The Morgan fingerprint density at radius 2 is 2.13 bits per heavy atom. The number of rotatable bonds is 2. The second kappa shape index (κ2) is 6.08. The first-order chi connectivity index (χ1) is 11.0. The van der Waals surface area contributed by atoms with Crippen molar-refractivity contribution < 1.29 is 14.7 Å². The van der Waals surface area contributed by atoms with Crippen molar-refractivity contribution in [3.05, 3.63) is 58.9 Å². The van der Waals surface area contributed by atoms with Gasteiger partial charge in [0.1, 0.15) is 0 Å². The van der Waals surface area contributed by atoms with Crippen molar-refractivity contribution in [1.82, 2.24) is 9.88 Å². The Labute approximate surface area is 133 Å². The van der Waals surface area contributed by atoms with Crippen molar-refractivity contribution >= 4 is 17.7 Å². The van der Waals surface area contributed by atoms with Crippen LogP contribution >= 0.6 is 0 Å². The predicted octanol–water partition coefficient (Wildman–Crippen LogP) is 2.68. The third-order valence-corrected chi connectivity index (χ3v) is 3.93. The van der Waals surface area contributed by atoms with E-state index in [1.165, 1.54) is 6.20 Å². The molecule has 0 radical (unpaired) electrons. The third kappa shape index (κ3) is 3.15. The van der Waals surface area contributed by atoms with Crippen LogP contribution in [0.2, 0.25) is 0 Å². The molecule has 0 saturated heterocycles. The molecule has 0 atom stereocenters. The monoisotopic (exact) mass is 311 g/mol. The number of nitrogens with one attached hydrogen (secondary N) is 1. The maximum Gasteiger partial charge on any atom is 0.337 e. The zero-order valence-corrected chi connectivity index (χ0v) is 12.7. The summed E-state index contributed by atoms with van der Waals surface area (Å²) in [5, 5.41) is 12.1. The van der Waals surface area contributed by atoms with Crippen LogP contribution in [0, 0.1) is 6.92 Å². The highest BCUT2D eigenvalue weighted by Crippen LogP contribution is 2.22. The number of anilines is 1. The molecule has 0 bridgehead atoms. The molecule has 1 aliphatic heterocycles. The van der Waals surface area contributed by atoms with E-state index in [0.717, 1.165) is 22.4 Å². The van der Waals surface area contributed by atoms with Gasteiger partial charge in [0.2, 0.25) is 0 Å². The molecular formula is C17H17N3O3. The highest BCUT2D eigenvalue weighted by Gasteiger charge is 2.24. The number of amides is 2. The van der Waals surface area contributed by atoms with Crippen LogP contribution < -0.4 is 5.32 Å². The molecule has 0 fully saturated rings. The minimum Gasteiger partial charge on any atom is -0.478 e. The number of aromatic carboxylic acids is 1. The Balaban J connectivity index is 1.75. The number of fused-ring (bicyclic) bond motifs is 1. The molecule has 6 nitrogen and oxygen atoms in total. The lowest BCUT2D eigenvalue weighted by Gasteiger charge is -2.29. The normalized spacial score (nSPS) is 13.3. The summed E-state index contributed by atoms with van der Waals surface area (Å²) in [5.41, 5.74) is 3.60. The highest BCUT2D eigenvalue weighted by atomic mass is 16.4. The topological polar surface area (TPSA) is 82.5 Å². The van der Waals surface area contributed by atoms with Gasteiger partial charge in [0.05, 0.1) is 5.56 Å². The Morgan fingerprint density at radius 1 is 1.30 bits per heavy atom. The van der Waals surface area contributed by atoms with Gasteiger partial charge in [0, 0.05) is 31.2 Å². The van der Waals surface area contributed by atoms with E-state index in [2.05, 4.69) is 10.3 Å². The minimum atomic E-state index is -0.980. The number of carboxylic acids is 1. The van der Waals surface area contributed by atoms with Crippen LogP contribution in [0.3, 0.4) is 0 Å². The van der Waals surface area contributed by atoms with Gasteiger partial charge in [-0.25, -0.2) is 9.59 Å². The first kappa shape index (κ1) is 15.0. The SMILES string of the molecule is Cc1cccc(NC(=O)N2CCc3c(cncc3C(=O)O)C2)c1. The van der Waals surface area contributed by atoms with Crippen molar-refractivity contribution in [3.8, 4) is 0 Å². The lowest BCUT2D eigenvalue weighted by atomic mass is 9.97. The lowest BCUT2D eigenvalue weighted by molar-refractivity contribution is 0.0694. The predicted molar refractivity (Wildman–Crippen MR) is 85.5 cm³/mol. The van der Waals surface area contributed by atoms with Crippen molar-refractivity contribution in [2.75, 3.05) is 11.9 Å². The zero-order chi connectivity index (χ0) is 16.4. The smallest absolute Gasteiger partial charge is 0.337 e. The first-order valence-electron chi connectivity index (χ1n) is 7.36. The van der Waals surface area contributed by atoms with Gasteiger partial charge < -0.3 is 15.3 Å². The van der Waals surface area contributed by atoms with Gasteiger partial charge in [-0.3, -0.25) is 4.98 Å². The molecule has 3 rings (SSSR count). The average molecular weight is 311 g/mol. The fourth-order valence-electron chi connectivity index (χ4n) is 2.78. The molecule has 0 unspecified atom stereocenters. The Morgan fingerprint density at radius 3 is 2.87 bits per heavy atom. The molecule has 2 N–H and O–H groups in total. The number of aromatic nitrogens is 1. The van der Waals surface area contributed by atoms with Crippen LogP contribution in [0.5, 0.6) is 0 Å². The van der Waals surface area contributed by atoms with E-state index in [1.54, 1.807) is 11.1 Å². The van der Waals surface area contributed by atoms with Crippen LogP contribution in [-0.2, 0) is 13.0 Å². The molecule has 1 aromatic carbocycles. The molecule has 2 aromatic rings. The Hall–Kier alpha value is -2.89. The molecule has 1 aromatic heterocycles. The number of pyridine rings is 1. The largest absolute Gasteiger partial charge is 0.478 e. The molecule has 1 aliphatic rings. The second-order valence-electron chi connectivity index (χ2n) is 5.60. The molecule has 2 heterocycles. The van der Waals surface area contributed by atoms with Crippen LogP contribution in [0.1, 0.15) is 27.0 Å². The Kier molecular flexibility index (Phi) is 3.97. The summed E-state index contributed by atoms with van der Waals surface area (Å²) in [5.74, 6) is -0.980. The van der Waals surface area contributed by atoms with Gasteiger partial charge in [0.25, 0.3) is 0 Å². The van der Waals surface area contributed by atoms with Crippen LogP contribution in [-0.4, -0.2) is 33.5 Å². The maximum atomic E-state index is 12.4. The third-order valence-electron chi connectivity index (χ3n) is 3.93. The first-order valence-corrected chi connectivity index (χ1v) is 7.36. The molecule has 0 aliphatic carbocycles. The molecular weight excluding hydrogens is 294 g/mol. The second-order valence-corrected chi connectivity index (χ2v) is 5.60. The number of aryl methyl sites for hydroxylation is 1. The Bertz CT molecular complexity index is 773. The van der Waals surface area contributed by atoms with Crippen molar-refractivity contribution in [2.45, 2.75) is 19.9 Å². The number of carbonyl (C=O) groups excluding carboxylic acids is 1. The van der Waals surface area contributed by atoms with Crippen LogP contribution in [0.15, 0.2) is 36.7 Å². The molecule has 6 heteroatoms. The van der Waals surface area contributed by atoms with Gasteiger partial charge in [0.15, 0.2) is 0 Å². The van der Waals surface area contributed by atoms with E-state index in [1.807, 2.05) is 31.2 Å². The molecule has 2 amide bonds. The van der Waals surface area contributed by atoms with E-state index in [-0.39, 0.29) is 11.6 Å². The summed E-state index contributed by atoms with van der Waals surface area (Å²) in [7, 11) is 0. The van der Waals surface area contributed by atoms with Crippen molar-refractivity contribution in [1.29, 1.82) is 0 Å². The van der Waals surface area contributed by atoms with Gasteiger partial charge in [-0.15, -0.1) is 0 Å². The summed E-state index contributed by atoms with van der Waals surface area (Å²) >= 11 is 0. The number of hydrogen-bond acceptors (Lipinski definition) is 3. The fraction of sp³-hybridized carbons (Fsp3) is 0.235. The van der Waals surface area contributed by atoms with Crippen LogP contribution in [0.25, 0.3) is 0 Å². The number of urea groups is 1. The number of nitrogens with zero attached hydrogens (tertiary/aromatic N) is 2.